The van der Waals surface area contributed by atoms with Gasteiger partial charge in [0.25, 0.3) is 5.91 Å². The first-order chi connectivity index (χ1) is 14.5. The van der Waals surface area contributed by atoms with E-state index in [1.807, 2.05) is 60.9 Å². The van der Waals surface area contributed by atoms with E-state index in [1.54, 1.807) is 13.3 Å². The van der Waals surface area contributed by atoms with Crippen LogP contribution in [0.2, 0.25) is 0 Å². The van der Waals surface area contributed by atoms with E-state index in [2.05, 4.69) is 36.7 Å². The SMILES string of the molecule is CCn1c(SCC(=O)N/N=C/c2cc(Br)ccc2OC)nnc1-c1ccc(C)cc1. The van der Waals surface area contributed by atoms with Gasteiger partial charge < -0.3 is 9.30 Å². The van der Waals surface area contributed by atoms with E-state index in [4.69, 9.17) is 4.74 Å². The van der Waals surface area contributed by atoms with Crippen LogP contribution in [0.25, 0.3) is 11.4 Å². The predicted octanol–water partition coefficient (Wildman–Crippen LogP) is 4.29. The van der Waals surface area contributed by atoms with Crippen LogP contribution in [0.3, 0.4) is 0 Å². The molecule has 1 amide bonds. The molecule has 0 saturated carbocycles. The monoisotopic (exact) mass is 487 g/mol. The molecule has 0 aliphatic carbocycles. The molecule has 156 valence electrons. The molecule has 0 aliphatic rings. The van der Waals surface area contributed by atoms with Crippen molar-refractivity contribution in [3.8, 4) is 17.1 Å². The molecule has 0 radical (unpaired) electrons. The number of carbonyl (C=O) groups is 1. The fourth-order valence-corrected chi connectivity index (χ4v) is 3.91. The second-order valence-electron chi connectivity index (χ2n) is 6.38. The van der Waals surface area contributed by atoms with Crippen LogP contribution in [-0.2, 0) is 11.3 Å². The molecule has 2 aromatic carbocycles. The minimum atomic E-state index is -0.229. The summed E-state index contributed by atoms with van der Waals surface area (Å²) in [6.45, 7) is 4.78. The fraction of sp³-hybridized carbons (Fsp3) is 0.238. The van der Waals surface area contributed by atoms with Crippen LogP contribution in [0.5, 0.6) is 5.75 Å². The third kappa shape index (κ3) is 5.48. The summed E-state index contributed by atoms with van der Waals surface area (Å²) >= 11 is 4.74. The molecular formula is C21H22BrN5O2S. The molecule has 30 heavy (non-hydrogen) atoms. The highest BCUT2D eigenvalue weighted by molar-refractivity contribution is 9.10. The predicted molar refractivity (Wildman–Crippen MR) is 123 cm³/mol. The van der Waals surface area contributed by atoms with Crippen molar-refractivity contribution in [3.63, 3.8) is 0 Å². The van der Waals surface area contributed by atoms with Crippen molar-refractivity contribution < 1.29 is 9.53 Å². The number of hydrogen-bond acceptors (Lipinski definition) is 6. The maximum absolute atomic E-state index is 12.2. The Morgan fingerprint density at radius 1 is 1.27 bits per heavy atom. The number of benzene rings is 2. The van der Waals surface area contributed by atoms with Crippen molar-refractivity contribution >= 4 is 39.8 Å². The van der Waals surface area contributed by atoms with Gasteiger partial charge in [0.1, 0.15) is 5.75 Å². The van der Waals surface area contributed by atoms with E-state index in [0.29, 0.717) is 17.5 Å². The molecule has 0 spiro atoms. The van der Waals surface area contributed by atoms with Crippen molar-refractivity contribution in [1.29, 1.82) is 0 Å². The van der Waals surface area contributed by atoms with Gasteiger partial charge in [0.2, 0.25) is 0 Å². The van der Waals surface area contributed by atoms with Gasteiger partial charge in [-0.15, -0.1) is 10.2 Å². The highest BCUT2D eigenvalue weighted by atomic mass is 79.9. The first kappa shape index (κ1) is 22.0. The van der Waals surface area contributed by atoms with Crippen molar-refractivity contribution in [2.45, 2.75) is 25.5 Å². The van der Waals surface area contributed by atoms with Gasteiger partial charge in [-0.2, -0.15) is 5.10 Å². The van der Waals surface area contributed by atoms with Crippen molar-refractivity contribution in [1.82, 2.24) is 20.2 Å². The molecular weight excluding hydrogens is 466 g/mol. The zero-order chi connectivity index (χ0) is 21.5. The van der Waals surface area contributed by atoms with Gasteiger partial charge in [0.05, 0.1) is 19.1 Å². The normalized spacial score (nSPS) is 11.1. The summed E-state index contributed by atoms with van der Waals surface area (Å²) in [6.07, 6.45) is 1.55. The Morgan fingerprint density at radius 2 is 2.03 bits per heavy atom. The van der Waals surface area contributed by atoms with Crippen LogP contribution in [0.15, 0.2) is 57.2 Å². The smallest absolute Gasteiger partial charge is 0.250 e. The van der Waals surface area contributed by atoms with Gasteiger partial charge in [0, 0.05) is 22.1 Å². The minimum absolute atomic E-state index is 0.180. The van der Waals surface area contributed by atoms with Gasteiger partial charge in [-0.25, -0.2) is 5.43 Å². The van der Waals surface area contributed by atoms with Gasteiger partial charge in [-0.1, -0.05) is 57.5 Å². The summed E-state index contributed by atoms with van der Waals surface area (Å²) in [4.78, 5) is 12.2. The molecule has 0 atom stereocenters. The quantitative estimate of drug-likeness (QED) is 0.291. The van der Waals surface area contributed by atoms with Crippen molar-refractivity contribution in [3.05, 3.63) is 58.1 Å². The summed E-state index contributed by atoms with van der Waals surface area (Å²) in [6, 6.07) is 13.7. The second-order valence-corrected chi connectivity index (χ2v) is 8.24. The number of rotatable bonds is 8. The number of hydrogen-bond donors (Lipinski definition) is 1. The standard InChI is InChI=1S/C21H22BrN5O2S/c1-4-27-20(15-7-5-14(2)6-8-15)25-26-21(27)30-13-19(28)24-23-12-16-11-17(22)9-10-18(16)29-3/h5-12H,4,13H2,1-3H3,(H,24,28)/b23-12+. The third-order valence-electron chi connectivity index (χ3n) is 4.26. The average Bonchev–Trinajstić information content (AvgIpc) is 3.16. The average molecular weight is 488 g/mol. The number of carbonyl (C=O) groups excluding carboxylic acids is 1. The van der Waals surface area contributed by atoms with Crippen LogP contribution in [0, 0.1) is 6.92 Å². The third-order valence-corrected chi connectivity index (χ3v) is 5.72. The Morgan fingerprint density at radius 3 is 2.73 bits per heavy atom. The van der Waals surface area contributed by atoms with Gasteiger partial charge in [-0.05, 0) is 32.0 Å². The summed E-state index contributed by atoms with van der Waals surface area (Å²) in [7, 11) is 1.59. The van der Waals surface area contributed by atoms with E-state index in [1.165, 1.54) is 17.3 Å². The number of nitrogens with one attached hydrogen (secondary N) is 1. The minimum Gasteiger partial charge on any atom is -0.496 e. The van der Waals surface area contributed by atoms with E-state index in [9.17, 15) is 4.79 Å². The van der Waals surface area contributed by atoms with Gasteiger partial charge >= 0.3 is 0 Å². The molecule has 0 unspecified atom stereocenters. The van der Waals surface area contributed by atoms with Crippen LogP contribution in [0.1, 0.15) is 18.1 Å². The fourth-order valence-electron chi connectivity index (χ4n) is 2.74. The first-order valence-corrected chi connectivity index (χ1v) is 11.1. The van der Waals surface area contributed by atoms with E-state index in [0.717, 1.165) is 21.4 Å². The van der Waals surface area contributed by atoms with Gasteiger partial charge in [0.15, 0.2) is 11.0 Å². The number of methoxy groups -OCH3 is 1. The van der Waals surface area contributed by atoms with E-state index >= 15 is 0 Å². The molecule has 0 saturated heterocycles. The molecule has 0 bridgehead atoms. The number of halogens is 1. The van der Waals surface area contributed by atoms with Crippen LogP contribution < -0.4 is 10.2 Å². The molecule has 0 fully saturated rings. The number of aromatic nitrogens is 3. The second kappa shape index (κ2) is 10.4. The van der Waals surface area contributed by atoms with Crippen LogP contribution in [0.4, 0.5) is 0 Å². The molecule has 3 rings (SSSR count). The Bertz CT molecular complexity index is 1050. The Hall–Kier alpha value is -2.65. The van der Waals surface area contributed by atoms with Crippen molar-refractivity contribution in [2.24, 2.45) is 5.10 Å². The molecule has 7 nitrogen and oxygen atoms in total. The lowest BCUT2D eigenvalue weighted by atomic mass is 10.1. The maximum atomic E-state index is 12.2. The van der Waals surface area contributed by atoms with Crippen molar-refractivity contribution in [2.75, 3.05) is 12.9 Å². The lowest BCUT2D eigenvalue weighted by Crippen LogP contribution is -2.20. The molecule has 1 N–H and O–H groups in total. The molecule has 1 heterocycles. The first-order valence-electron chi connectivity index (χ1n) is 9.30. The van der Waals surface area contributed by atoms with E-state index < -0.39 is 0 Å². The molecule has 1 aromatic heterocycles. The number of thioether (sulfide) groups is 1. The van der Waals surface area contributed by atoms with Crippen LogP contribution >= 0.6 is 27.7 Å². The number of ether oxygens (including phenoxy) is 1. The topological polar surface area (TPSA) is 81.4 Å². The summed E-state index contributed by atoms with van der Waals surface area (Å²) < 4.78 is 8.18. The Balaban J connectivity index is 1.61. The molecule has 9 heteroatoms. The molecule has 3 aromatic rings. The Kier molecular flexibility index (Phi) is 7.64. The highest BCUT2D eigenvalue weighted by Gasteiger charge is 2.14. The van der Waals surface area contributed by atoms with Gasteiger partial charge in [-0.3, -0.25) is 4.79 Å². The highest BCUT2D eigenvalue weighted by Crippen LogP contribution is 2.24. The van der Waals surface area contributed by atoms with Crippen LogP contribution in [-0.4, -0.2) is 39.7 Å². The number of hydrazone groups is 1. The Labute approximate surface area is 188 Å². The largest absolute Gasteiger partial charge is 0.496 e. The molecule has 0 aliphatic heterocycles. The zero-order valence-corrected chi connectivity index (χ0v) is 19.3. The summed E-state index contributed by atoms with van der Waals surface area (Å²) in [5, 5.41) is 13.3. The van der Waals surface area contributed by atoms with E-state index in [-0.39, 0.29) is 11.7 Å². The lowest BCUT2D eigenvalue weighted by Gasteiger charge is -2.07. The number of aryl methyl sites for hydroxylation is 1. The number of nitrogens with zero attached hydrogens (tertiary/aromatic N) is 4. The maximum Gasteiger partial charge on any atom is 0.250 e. The lowest BCUT2D eigenvalue weighted by molar-refractivity contribution is -0.118. The summed E-state index contributed by atoms with van der Waals surface area (Å²) in [5.74, 6) is 1.41. The number of amides is 1. The summed E-state index contributed by atoms with van der Waals surface area (Å²) in [5.41, 5.74) is 5.48. The zero-order valence-electron chi connectivity index (χ0n) is 16.9.